The molecule has 0 bridgehead atoms. The van der Waals surface area contributed by atoms with E-state index in [9.17, 15) is 9.90 Å². The molecule has 0 aliphatic carbocycles. The first-order valence-electron chi connectivity index (χ1n) is 7.49. The van der Waals surface area contributed by atoms with E-state index in [2.05, 4.69) is 31.1 Å². The largest absolute Gasteiger partial charge is 0.493 e. The summed E-state index contributed by atoms with van der Waals surface area (Å²) in [5.74, 6) is -0.529. The number of amides is 1. The minimum Gasteiger partial charge on any atom is -0.493 e. The third-order valence-electron chi connectivity index (χ3n) is 3.56. The zero-order valence-electron chi connectivity index (χ0n) is 13.7. The number of azo groups is 1. The Bertz CT molecular complexity index is 951. The van der Waals surface area contributed by atoms with Gasteiger partial charge in [0.05, 0.1) is 12.2 Å². The van der Waals surface area contributed by atoms with Gasteiger partial charge < -0.3 is 5.11 Å². The van der Waals surface area contributed by atoms with Crippen LogP contribution in [0.2, 0.25) is 0 Å². The molecule has 1 N–H and O–H groups in total. The van der Waals surface area contributed by atoms with Crippen LogP contribution in [0.15, 0.2) is 57.4 Å². The van der Waals surface area contributed by atoms with Crippen LogP contribution >= 0.6 is 15.9 Å². The molecule has 0 saturated carbocycles. The van der Waals surface area contributed by atoms with Gasteiger partial charge in [0.1, 0.15) is 0 Å². The van der Waals surface area contributed by atoms with Crippen LogP contribution < -0.4 is 0 Å². The van der Waals surface area contributed by atoms with Gasteiger partial charge in [-0.2, -0.15) is 0 Å². The number of nitrogens with zero attached hydrogens (tertiary/aromatic N) is 5. The summed E-state index contributed by atoms with van der Waals surface area (Å²) in [7, 11) is 3.80. The molecule has 3 rings (SSSR count). The van der Waals surface area contributed by atoms with Gasteiger partial charge in [0.2, 0.25) is 5.88 Å². The smallest absolute Gasteiger partial charge is 0.295 e. The standard InChI is InChI=1S/C17H16BrN5O2/c1-22(2)10-23-14-4-3-12(18)9-13(14)15(17(23)25)20-21-16(24)11-5-7-19-8-6-11/h3-9,25H,10H2,1-2H3. The highest BCUT2D eigenvalue weighted by Crippen LogP contribution is 2.40. The van der Waals surface area contributed by atoms with E-state index >= 15 is 0 Å². The monoisotopic (exact) mass is 401 g/mol. The molecule has 0 saturated heterocycles. The second-order valence-corrected chi connectivity index (χ2v) is 6.64. The molecule has 0 aliphatic rings. The lowest BCUT2D eigenvalue weighted by molar-refractivity contribution is 0.0995. The van der Waals surface area contributed by atoms with Crippen LogP contribution in [0.25, 0.3) is 10.9 Å². The fourth-order valence-electron chi connectivity index (χ4n) is 2.47. The lowest BCUT2D eigenvalue weighted by Gasteiger charge is -2.13. The Labute approximate surface area is 152 Å². The van der Waals surface area contributed by atoms with Crippen molar-refractivity contribution >= 4 is 38.4 Å². The normalized spacial score (nSPS) is 11.7. The van der Waals surface area contributed by atoms with Gasteiger partial charge in [-0.15, -0.1) is 10.2 Å². The maximum absolute atomic E-state index is 12.1. The topological polar surface area (TPSA) is 83.1 Å². The molecular weight excluding hydrogens is 386 g/mol. The summed E-state index contributed by atoms with van der Waals surface area (Å²) in [5.41, 5.74) is 1.46. The third-order valence-corrected chi connectivity index (χ3v) is 4.06. The molecule has 0 aliphatic heterocycles. The number of aromatic nitrogens is 2. The van der Waals surface area contributed by atoms with Crippen LogP contribution in [0.1, 0.15) is 10.4 Å². The highest BCUT2D eigenvalue weighted by atomic mass is 79.9. The van der Waals surface area contributed by atoms with E-state index in [0.717, 1.165) is 9.99 Å². The first kappa shape index (κ1) is 17.2. The van der Waals surface area contributed by atoms with Crippen LogP contribution in [0.5, 0.6) is 5.88 Å². The molecule has 0 radical (unpaired) electrons. The first-order valence-corrected chi connectivity index (χ1v) is 8.28. The van der Waals surface area contributed by atoms with Crippen molar-refractivity contribution < 1.29 is 9.90 Å². The number of carbonyl (C=O) groups excluding carboxylic acids is 1. The zero-order chi connectivity index (χ0) is 18.0. The molecule has 8 heteroatoms. The first-order chi connectivity index (χ1) is 12.0. The average Bonchev–Trinajstić information content (AvgIpc) is 2.84. The number of carbonyl (C=O) groups is 1. The Balaban J connectivity index is 2.06. The van der Waals surface area contributed by atoms with Crippen molar-refractivity contribution in [3.63, 3.8) is 0 Å². The summed E-state index contributed by atoms with van der Waals surface area (Å²) in [6.07, 6.45) is 3.03. The molecule has 1 amide bonds. The summed E-state index contributed by atoms with van der Waals surface area (Å²) in [6.45, 7) is 0.470. The molecule has 0 spiro atoms. The summed E-state index contributed by atoms with van der Waals surface area (Å²) in [5, 5.41) is 19.1. The van der Waals surface area contributed by atoms with E-state index in [0.29, 0.717) is 17.6 Å². The Hall–Kier alpha value is -2.58. The highest BCUT2D eigenvalue weighted by molar-refractivity contribution is 9.10. The fourth-order valence-corrected chi connectivity index (χ4v) is 2.83. The second kappa shape index (κ2) is 7.12. The maximum atomic E-state index is 12.1. The molecular formula is C17H16BrN5O2. The van der Waals surface area contributed by atoms with Crippen LogP contribution in [0.4, 0.5) is 5.69 Å². The summed E-state index contributed by atoms with van der Waals surface area (Å²) >= 11 is 3.42. The Morgan fingerprint density at radius 2 is 2.00 bits per heavy atom. The lowest BCUT2D eigenvalue weighted by Crippen LogP contribution is -2.16. The average molecular weight is 402 g/mol. The van der Waals surface area contributed by atoms with E-state index in [1.165, 1.54) is 12.4 Å². The molecule has 0 unspecified atom stereocenters. The Morgan fingerprint density at radius 1 is 1.28 bits per heavy atom. The number of pyridine rings is 1. The van der Waals surface area contributed by atoms with Crippen LogP contribution in [0.3, 0.4) is 0 Å². The minimum absolute atomic E-state index is 0.0342. The van der Waals surface area contributed by atoms with Gasteiger partial charge in [-0.1, -0.05) is 15.9 Å². The Morgan fingerprint density at radius 3 is 2.68 bits per heavy atom. The Kier molecular flexibility index (Phi) is 4.91. The maximum Gasteiger partial charge on any atom is 0.295 e. The third kappa shape index (κ3) is 3.59. The van der Waals surface area contributed by atoms with E-state index in [-0.39, 0.29) is 11.6 Å². The molecule has 128 valence electrons. The summed E-state index contributed by atoms with van der Waals surface area (Å²) < 4.78 is 2.56. The van der Waals surface area contributed by atoms with Gasteiger partial charge in [-0.3, -0.25) is 19.2 Å². The van der Waals surface area contributed by atoms with Crippen molar-refractivity contribution in [3.8, 4) is 5.88 Å². The van der Waals surface area contributed by atoms with Crippen molar-refractivity contribution in [1.82, 2.24) is 14.5 Å². The van der Waals surface area contributed by atoms with E-state index < -0.39 is 5.91 Å². The van der Waals surface area contributed by atoms with Crippen LogP contribution in [0, 0.1) is 0 Å². The summed E-state index contributed by atoms with van der Waals surface area (Å²) in [6, 6.07) is 8.73. The molecule has 25 heavy (non-hydrogen) atoms. The number of hydrogen-bond donors (Lipinski definition) is 1. The van der Waals surface area contributed by atoms with Crippen molar-refractivity contribution in [2.75, 3.05) is 14.1 Å². The van der Waals surface area contributed by atoms with Gasteiger partial charge in [0, 0.05) is 27.8 Å². The van der Waals surface area contributed by atoms with E-state index in [1.807, 2.05) is 37.2 Å². The molecule has 0 fully saturated rings. The number of rotatable bonds is 4. The van der Waals surface area contributed by atoms with Gasteiger partial charge >= 0.3 is 0 Å². The van der Waals surface area contributed by atoms with Crippen LogP contribution in [-0.2, 0) is 6.67 Å². The quantitative estimate of drug-likeness (QED) is 0.670. The van der Waals surface area contributed by atoms with Gasteiger partial charge in [0.15, 0.2) is 5.69 Å². The SMILES string of the molecule is CN(C)Cn1c(O)c(N=NC(=O)c2ccncc2)c2cc(Br)ccc21. The van der Waals surface area contributed by atoms with E-state index in [1.54, 1.807) is 16.7 Å². The minimum atomic E-state index is -0.495. The zero-order valence-corrected chi connectivity index (χ0v) is 15.3. The predicted octanol–water partition coefficient (Wildman–Crippen LogP) is 3.95. The van der Waals surface area contributed by atoms with Gasteiger partial charge in [0.25, 0.3) is 5.91 Å². The molecule has 0 atom stereocenters. The van der Waals surface area contributed by atoms with Crippen molar-refractivity contribution in [2.45, 2.75) is 6.67 Å². The molecule has 2 heterocycles. The molecule has 1 aromatic carbocycles. The van der Waals surface area contributed by atoms with Crippen molar-refractivity contribution in [2.24, 2.45) is 10.2 Å². The fraction of sp³-hybridized carbons (Fsp3) is 0.176. The lowest BCUT2D eigenvalue weighted by atomic mass is 10.2. The number of hydrogen-bond acceptors (Lipinski definition) is 5. The molecule has 2 aromatic heterocycles. The summed E-state index contributed by atoms with van der Waals surface area (Å²) in [4.78, 5) is 17.9. The number of benzene rings is 1. The predicted molar refractivity (Wildman–Crippen MR) is 98.1 cm³/mol. The van der Waals surface area contributed by atoms with Crippen molar-refractivity contribution in [3.05, 3.63) is 52.8 Å². The van der Waals surface area contributed by atoms with E-state index in [4.69, 9.17) is 0 Å². The molecule has 3 aromatic rings. The van der Waals surface area contributed by atoms with Crippen LogP contribution in [-0.4, -0.2) is 39.6 Å². The number of aromatic hydroxyl groups is 1. The second-order valence-electron chi connectivity index (χ2n) is 5.72. The molecule has 7 nitrogen and oxygen atoms in total. The van der Waals surface area contributed by atoms with Gasteiger partial charge in [-0.05, 0) is 44.4 Å². The van der Waals surface area contributed by atoms with Crippen molar-refractivity contribution in [1.29, 1.82) is 0 Å². The number of halogens is 1. The number of fused-ring (bicyclic) bond motifs is 1. The highest BCUT2D eigenvalue weighted by Gasteiger charge is 2.18. The van der Waals surface area contributed by atoms with Gasteiger partial charge in [-0.25, -0.2) is 0 Å².